The molecule has 2 aromatic carbocycles. The molecule has 0 unspecified atom stereocenters. The van der Waals surface area contributed by atoms with E-state index >= 15 is 0 Å². The van der Waals surface area contributed by atoms with E-state index < -0.39 is 11.7 Å². The summed E-state index contributed by atoms with van der Waals surface area (Å²) in [5, 5.41) is 4.76. The summed E-state index contributed by atoms with van der Waals surface area (Å²) in [6.07, 6.45) is -2.52. The molecule has 0 spiro atoms. The molecule has 0 bridgehead atoms. The van der Waals surface area contributed by atoms with E-state index in [0.717, 1.165) is 33.1 Å². The minimum Gasteiger partial charge on any atom is -0.306 e. The van der Waals surface area contributed by atoms with Gasteiger partial charge in [0.1, 0.15) is 5.01 Å². The van der Waals surface area contributed by atoms with Crippen LogP contribution in [0.1, 0.15) is 16.1 Å². The first-order chi connectivity index (χ1) is 11.9. The number of rotatable bonds is 5. The number of halogens is 4. The van der Waals surface area contributed by atoms with Gasteiger partial charge in [0.05, 0.1) is 10.4 Å². The molecule has 0 saturated heterocycles. The second kappa shape index (κ2) is 7.56. The smallest absolute Gasteiger partial charge is 0.306 e. The maximum Gasteiger partial charge on any atom is 0.416 e. The fourth-order valence-electron chi connectivity index (χ4n) is 2.30. The first kappa shape index (κ1) is 17.9. The van der Waals surface area contributed by atoms with Crippen molar-refractivity contribution in [2.24, 2.45) is 0 Å². The summed E-state index contributed by atoms with van der Waals surface area (Å²) in [5.41, 5.74) is 1.09. The van der Waals surface area contributed by atoms with Crippen LogP contribution in [0.2, 0.25) is 5.02 Å². The molecule has 1 aromatic heterocycles. The molecule has 3 aromatic rings. The molecule has 25 heavy (non-hydrogen) atoms. The van der Waals surface area contributed by atoms with E-state index in [4.69, 9.17) is 11.6 Å². The highest BCUT2D eigenvalue weighted by Gasteiger charge is 2.29. The lowest BCUT2D eigenvalue weighted by Crippen LogP contribution is -2.12. The van der Waals surface area contributed by atoms with Gasteiger partial charge in [0.25, 0.3) is 0 Å². The molecule has 0 atom stereocenters. The summed E-state index contributed by atoms with van der Waals surface area (Å²) in [5.74, 6) is 0. The summed E-state index contributed by atoms with van der Waals surface area (Å²) in [6.45, 7) is 1.01. The molecule has 0 aliphatic rings. The van der Waals surface area contributed by atoms with Crippen molar-refractivity contribution in [1.29, 1.82) is 0 Å². The van der Waals surface area contributed by atoms with Crippen molar-refractivity contribution in [1.82, 2.24) is 10.3 Å². The molecular weight excluding hydrogens is 369 g/mol. The van der Waals surface area contributed by atoms with E-state index in [0.29, 0.717) is 18.1 Å². The molecule has 0 aliphatic carbocycles. The predicted molar refractivity (Wildman–Crippen MR) is 94.5 cm³/mol. The fraction of sp³-hybridized carbons (Fsp3) is 0.167. The quantitative estimate of drug-likeness (QED) is 0.605. The first-order valence-corrected chi connectivity index (χ1v) is 8.69. The standard InChI is InChI=1S/C18H14ClF3N2S/c19-15-4-2-1-3-14(15)16-10-24-17(25-16)11-23-9-12-5-7-13(8-6-12)18(20,21)22/h1-8,10,23H,9,11H2. The van der Waals surface area contributed by atoms with Crippen LogP contribution in [0.5, 0.6) is 0 Å². The Hall–Kier alpha value is -1.89. The van der Waals surface area contributed by atoms with Gasteiger partial charge in [-0.25, -0.2) is 4.98 Å². The number of hydrogen-bond donors (Lipinski definition) is 1. The van der Waals surface area contributed by atoms with Gasteiger partial charge in [-0.1, -0.05) is 41.9 Å². The summed E-state index contributed by atoms with van der Waals surface area (Å²) in [7, 11) is 0. The van der Waals surface area contributed by atoms with Crippen LogP contribution in [0, 0.1) is 0 Å². The minimum absolute atomic E-state index is 0.471. The second-order valence-corrected chi connectivity index (χ2v) is 6.92. The third-order valence-electron chi connectivity index (χ3n) is 3.58. The third kappa shape index (κ3) is 4.60. The number of aromatic nitrogens is 1. The molecule has 1 N–H and O–H groups in total. The highest BCUT2D eigenvalue weighted by molar-refractivity contribution is 7.15. The maximum absolute atomic E-state index is 12.5. The lowest BCUT2D eigenvalue weighted by atomic mass is 10.1. The van der Waals surface area contributed by atoms with Gasteiger partial charge in [-0.3, -0.25) is 0 Å². The van der Waals surface area contributed by atoms with Gasteiger partial charge in [0.15, 0.2) is 0 Å². The van der Waals surface area contributed by atoms with Crippen LogP contribution in [-0.4, -0.2) is 4.98 Å². The number of nitrogens with zero attached hydrogens (tertiary/aromatic N) is 1. The Morgan fingerprint density at radius 2 is 1.72 bits per heavy atom. The zero-order valence-corrected chi connectivity index (χ0v) is 14.6. The summed E-state index contributed by atoms with van der Waals surface area (Å²) >= 11 is 7.71. The van der Waals surface area contributed by atoms with Gasteiger partial charge >= 0.3 is 6.18 Å². The minimum atomic E-state index is -4.30. The molecule has 3 rings (SSSR count). The largest absolute Gasteiger partial charge is 0.416 e. The Labute approximate surface area is 152 Å². The lowest BCUT2D eigenvalue weighted by molar-refractivity contribution is -0.137. The van der Waals surface area contributed by atoms with Crippen molar-refractivity contribution < 1.29 is 13.2 Å². The van der Waals surface area contributed by atoms with E-state index in [9.17, 15) is 13.2 Å². The number of thiazole rings is 1. The van der Waals surface area contributed by atoms with E-state index in [1.807, 2.05) is 24.3 Å². The monoisotopic (exact) mass is 382 g/mol. The zero-order chi connectivity index (χ0) is 17.9. The van der Waals surface area contributed by atoms with Crippen molar-refractivity contribution >= 4 is 22.9 Å². The molecule has 1 heterocycles. The average Bonchev–Trinajstić information content (AvgIpc) is 3.03. The van der Waals surface area contributed by atoms with Gasteiger partial charge in [0, 0.05) is 29.9 Å². The van der Waals surface area contributed by atoms with E-state index in [2.05, 4.69) is 10.3 Å². The SMILES string of the molecule is FC(F)(F)c1ccc(CNCc2ncc(-c3ccccc3Cl)s2)cc1. The zero-order valence-electron chi connectivity index (χ0n) is 13.0. The second-order valence-electron chi connectivity index (χ2n) is 5.40. The summed E-state index contributed by atoms with van der Waals surface area (Å²) in [6, 6.07) is 12.7. The molecule has 0 amide bonds. The molecule has 0 aliphatic heterocycles. The van der Waals surface area contributed by atoms with Crippen LogP contribution in [0.25, 0.3) is 10.4 Å². The van der Waals surface area contributed by atoms with Gasteiger partial charge in [-0.05, 0) is 23.8 Å². The van der Waals surface area contributed by atoms with Crippen LogP contribution in [0.4, 0.5) is 13.2 Å². The lowest BCUT2D eigenvalue weighted by Gasteiger charge is -2.08. The summed E-state index contributed by atoms with van der Waals surface area (Å²) < 4.78 is 37.6. The summed E-state index contributed by atoms with van der Waals surface area (Å²) in [4.78, 5) is 5.34. The van der Waals surface area contributed by atoms with Crippen LogP contribution in [0.3, 0.4) is 0 Å². The Morgan fingerprint density at radius 3 is 2.40 bits per heavy atom. The van der Waals surface area contributed by atoms with Crippen molar-refractivity contribution in [3.63, 3.8) is 0 Å². The molecule has 0 fully saturated rings. The fourth-order valence-corrected chi connectivity index (χ4v) is 3.52. The van der Waals surface area contributed by atoms with Crippen LogP contribution in [0.15, 0.2) is 54.7 Å². The van der Waals surface area contributed by atoms with Gasteiger partial charge in [0.2, 0.25) is 0 Å². The normalized spacial score (nSPS) is 11.7. The predicted octanol–water partition coefficient (Wildman–Crippen LogP) is 5.77. The first-order valence-electron chi connectivity index (χ1n) is 7.50. The van der Waals surface area contributed by atoms with Crippen molar-refractivity contribution in [3.8, 4) is 10.4 Å². The Balaban J connectivity index is 1.57. The number of benzene rings is 2. The van der Waals surface area contributed by atoms with Gasteiger partial charge in [-0.2, -0.15) is 13.2 Å². The highest BCUT2D eigenvalue weighted by Crippen LogP contribution is 2.32. The van der Waals surface area contributed by atoms with Gasteiger partial charge < -0.3 is 5.32 Å². The molecule has 0 saturated carbocycles. The highest BCUT2D eigenvalue weighted by atomic mass is 35.5. The third-order valence-corrected chi connectivity index (χ3v) is 4.94. The Bertz CT molecular complexity index is 844. The van der Waals surface area contributed by atoms with Crippen LogP contribution in [-0.2, 0) is 19.3 Å². The van der Waals surface area contributed by atoms with Crippen molar-refractivity contribution in [2.45, 2.75) is 19.3 Å². The maximum atomic E-state index is 12.5. The van der Waals surface area contributed by atoms with Crippen LogP contribution >= 0.6 is 22.9 Å². The molecule has 130 valence electrons. The van der Waals surface area contributed by atoms with Crippen molar-refractivity contribution in [3.05, 3.63) is 75.9 Å². The van der Waals surface area contributed by atoms with Gasteiger partial charge in [-0.15, -0.1) is 11.3 Å². The molecule has 2 nitrogen and oxygen atoms in total. The topological polar surface area (TPSA) is 24.9 Å². The van der Waals surface area contributed by atoms with Crippen LogP contribution < -0.4 is 5.32 Å². The molecule has 0 radical (unpaired) electrons. The average molecular weight is 383 g/mol. The van der Waals surface area contributed by atoms with E-state index in [1.165, 1.54) is 23.5 Å². The molecular formula is C18H14ClF3N2S. The van der Waals surface area contributed by atoms with E-state index in [-0.39, 0.29) is 0 Å². The van der Waals surface area contributed by atoms with Crippen molar-refractivity contribution in [2.75, 3.05) is 0 Å². The number of nitrogens with one attached hydrogen (secondary N) is 1. The van der Waals surface area contributed by atoms with E-state index in [1.54, 1.807) is 6.20 Å². The number of hydrogen-bond acceptors (Lipinski definition) is 3. The Morgan fingerprint density at radius 1 is 1.00 bits per heavy atom. The molecule has 7 heteroatoms. The number of alkyl halides is 3. The Kier molecular flexibility index (Phi) is 5.42.